The highest BCUT2D eigenvalue weighted by atomic mass is 35.5. The molecule has 100 valence electrons. The van der Waals surface area contributed by atoms with Gasteiger partial charge in [0.1, 0.15) is 22.7 Å². The molecule has 2 rings (SSSR count). The number of rotatable bonds is 5. The molecule has 0 unspecified atom stereocenters. The Bertz CT molecular complexity index is 397. The van der Waals surface area contributed by atoms with E-state index in [9.17, 15) is 4.39 Å². The Balaban J connectivity index is 2.10. The van der Waals surface area contributed by atoms with E-state index < -0.39 is 5.82 Å². The molecule has 1 fully saturated rings. The first-order chi connectivity index (χ1) is 8.72. The van der Waals surface area contributed by atoms with Crippen LogP contribution in [0.25, 0.3) is 0 Å². The molecule has 5 heteroatoms. The van der Waals surface area contributed by atoms with Gasteiger partial charge in [-0.25, -0.2) is 4.39 Å². The monoisotopic (exact) mass is 273 g/mol. The van der Waals surface area contributed by atoms with Crippen molar-refractivity contribution >= 4 is 11.6 Å². The number of ether oxygens (including phenoxy) is 2. The SMILES string of the molecule is COC[C@@H](Oc1cccc(F)c1Cl)[C@@H]1CCNC1. The highest BCUT2D eigenvalue weighted by Crippen LogP contribution is 2.29. The lowest BCUT2D eigenvalue weighted by molar-refractivity contribution is 0.0481. The number of methoxy groups -OCH3 is 1. The third-order valence-electron chi connectivity index (χ3n) is 3.15. The summed E-state index contributed by atoms with van der Waals surface area (Å²) in [6.07, 6.45) is 0.922. The fraction of sp³-hybridized carbons (Fsp3) is 0.538. The summed E-state index contributed by atoms with van der Waals surface area (Å²) in [4.78, 5) is 0. The van der Waals surface area contributed by atoms with Crippen LogP contribution in [-0.2, 0) is 4.74 Å². The lowest BCUT2D eigenvalue weighted by Gasteiger charge is -2.24. The lowest BCUT2D eigenvalue weighted by atomic mass is 10.0. The summed E-state index contributed by atoms with van der Waals surface area (Å²) in [6.45, 7) is 2.34. The van der Waals surface area contributed by atoms with E-state index in [1.165, 1.54) is 6.07 Å². The van der Waals surface area contributed by atoms with Crippen LogP contribution in [0, 0.1) is 11.7 Å². The number of hydrogen-bond acceptors (Lipinski definition) is 3. The molecule has 2 atom stereocenters. The molecule has 1 aliphatic heterocycles. The van der Waals surface area contributed by atoms with Gasteiger partial charge in [0, 0.05) is 19.6 Å². The largest absolute Gasteiger partial charge is 0.486 e. The first-order valence-corrected chi connectivity index (χ1v) is 6.40. The number of nitrogens with one attached hydrogen (secondary N) is 1. The summed E-state index contributed by atoms with van der Waals surface area (Å²) >= 11 is 5.89. The van der Waals surface area contributed by atoms with Gasteiger partial charge in [-0.05, 0) is 25.1 Å². The van der Waals surface area contributed by atoms with Gasteiger partial charge in [0.15, 0.2) is 0 Å². The third kappa shape index (κ3) is 3.13. The summed E-state index contributed by atoms with van der Waals surface area (Å²) in [6, 6.07) is 4.58. The van der Waals surface area contributed by atoms with Crippen molar-refractivity contribution in [3.8, 4) is 5.75 Å². The molecule has 1 saturated heterocycles. The van der Waals surface area contributed by atoms with Crippen LogP contribution in [0.2, 0.25) is 5.02 Å². The van der Waals surface area contributed by atoms with E-state index in [4.69, 9.17) is 21.1 Å². The zero-order valence-electron chi connectivity index (χ0n) is 10.3. The fourth-order valence-corrected chi connectivity index (χ4v) is 2.33. The van der Waals surface area contributed by atoms with Gasteiger partial charge in [0.2, 0.25) is 0 Å². The Hall–Kier alpha value is -0.840. The minimum atomic E-state index is -0.463. The highest BCUT2D eigenvalue weighted by Gasteiger charge is 2.27. The van der Waals surface area contributed by atoms with E-state index in [1.54, 1.807) is 19.2 Å². The smallest absolute Gasteiger partial charge is 0.145 e. The minimum absolute atomic E-state index is 0.0320. The van der Waals surface area contributed by atoms with E-state index in [0.717, 1.165) is 19.5 Å². The zero-order valence-corrected chi connectivity index (χ0v) is 11.0. The molecule has 0 spiro atoms. The predicted molar refractivity (Wildman–Crippen MR) is 68.7 cm³/mol. The molecule has 0 radical (unpaired) electrons. The van der Waals surface area contributed by atoms with Crippen LogP contribution in [-0.4, -0.2) is 32.9 Å². The maximum Gasteiger partial charge on any atom is 0.145 e. The van der Waals surface area contributed by atoms with Crippen molar-refractivity contribution in [3.05, 3.63) is 29.0 Å². The second kappa shape index (κ2) is 6.36. The summed E-state index contributed by atoms with van der Waals surface area (Å²) < 4.78 is 24.3. The molecular formula is C13H17ClFNO2. The molecule has 0 bridgehead atoms. The fourth-order valence-electron chi connectivity index (χ4n) is 2.16. The molecule has 0 saturated carbocycles. The highest BCUT2D eigenvalue weighted by molar-refractivity contribution is 6.32. The van der Waals surface area contributed by atoms with Crippen molar-refractivity contribution in [1.29, 1.82) is 0 Å². The number of hydrogen-bond donors (Lipinski definition) is 1. The van der Waals surface area contributed by atoms with Gasteiger partial charge < -0.3 is 14.8 Å². The van der Waals surface area contributed by atoms with E-state index in [-0.39, 0.29) is 11.1 Å². The van der Waals surface area contributed by atoms with Crippen LogP contribution < -0.4 is 10.1 Å². The van der Waals surface area contributed by atoms with Crippen molar-refractivity contribution in [2.75, 3.05) is 26.8 Å². The van der Waals surface area contributed by atoms with Crippen molar-refractivity contribution in [2.24, 2.45) is 5.92 Å². The molecule has 1 aromatic carbocycles. The molecular weight excluding hydrogens is 257 g/mol. The molecule has 1 aromatic rings. The zero-order chi connectivity index (χ0) is 13.0. The van der Waals surface area contributed by atoms with Crippen LogP contribution >= 0.6 is 11.6 Å². The Morgan fingerprint density at radius 1 is 1.56 bits per heavy atom. The van der Waals surface area contributed by atoms with Crippen LogP contribution in [0.1, 0.15) is 6.42 Å². The van der Waals surface area contributed by atoms with Crippen molar-refractivity contribution < 1.29 is 13.9 Å². The lowest BCUT2D eigenvalue weighted by Crippen LogP contribution is -2.33. The quantitative estimate of drug-likeness (QED) is 0.894. The molecule has 1 N–H and O–H groups in total. The van der Waals surface area contributed by atoms with Crippen LogP contribution in [0.5, 0.6) is 5.75 Å². The van der Waals surface area contributed by atoms with E-state index >= 15 is 0 Å². The minimum Gasteiger partial charge on any atom is -0.486 e. The van der Waals surface area contributed by atoms with Gasteiger partial charge in [-0.2, -0.15) is 0 Å². The Kier molecular flexibility index (Phi) is 4.80. The summed E-state index contributed by atoms with van der Waals surface area (Å²) in [5, 5.41) is 3.31. The summed E-state index contributed by atoms with van der Waals surface area (Å²) in [5.74, 6) is 0.282. The van der Waals surface area contributed by atoms with Crippen LogP contribution in [0.15, 0.2) is 18.2 Å². The first kappa shape index (κ1) is 13.6. The second-order valence-electron chi connectivity index (χ2n) is 4.42. The normalized spacial score (nSPS) is 20.9. The molecule has 0 amide bonds. The average Bonchev–Trinajstić information content (AvgIpc) is 2.88. The topological polar surface area (TPSA) is 30.5 Å². The van der Waals surface area contributed by atoms with E-state index in [1.807, 2.05) is 0 Å². The Labute approximate surface area is 111 Å². The Morgan fingerprint density at radius 3 is 3.06 bits per heavy atom. The van der Waals surface area contributed by atoms with Gasteiger partial charge in [-0.1, -0.05) is 17.7 Å². The molecule has 0 aliphatic carbocycles. The predicted octanol–water partition coefficient (Wildman–Crippen LogP) is 2.48. The van der Waals surface area contributed by atoms with Gasteiger partial charge >= 0.3 is 0 Å². The van der Waals surface area contributed by atoms with E-state index in [2.05, 4.69) is 5.32 Å². The van der Waals surface area contributed by atoms with Crippen LogP contribution in [0.3, 0.4) is 0 Å². The third-order valence-corrected chi connectivity index (χ3v) is 3.52. The summed E-state index contributed by atoms with van der Waals surface area (Å²) in [5.41, 5.74) is 0. The van der Waals surface area contributed by atoms with Gasteiger partial charge in [-0.15, -0.1) is 0 Å². The molecule has 0 aromatic heterocycles. The second-order valence-corrected chi connectivity index (χ2v) is 4.79. The van der Waals surface area contributed by atoms with Gasteiger partial charge in [0.05, 0.1) is 6.61 Å². The standard InChI is InChI=1S/C13H17ClFNO2/c1-17-8-12(9-5-6-16-7-9)18-11-4-2-3-10(15)13(11)14/h2-4,9,12,16H,5-8H2,1H3/t9-,12-/m1/s1. The van der Waals surface area contributed by atoms with Gasteiger partial charge in [0.25, 0.3) is 0 Å². The van der Waals surface area contributed by atoms with Crippen molar-refractivity contribution in [3.63, 3.8) is 0 Å². The molecule has 3 nitrogen and oxygen atoms in total. The van der Waals surface area contributed by atoms with E-state index in [0.29, 0.717) is 18.3 Å². The number of benzene rings is 1. The maximum absolute atomic E-state index is 13.3. The summed E-state index contributed by atoms with van der Waals surface area (Å²) in [7, 11) is 1.63. The van der Waals surface area contributed by atoms with Crippen LogP contribution in [0.4, 0.5) is 4.39 Å². The van der Waals surface area contributed by atoms with Crippen molar-refractivity contribution in [2.45, 2.75) is 12.5 Å². The number of halogens is 2. The van der Waals surface area contributed by atoms with Crippen molar-refractivity contribution in [1.82, 2.24) is 5.32 Å². The molecule has 1 aliphatic rings. The average molecular weight is 274 g/mol. The maximum atomic E-state index is 13.3. The molecule has 1 heterocycles. The Morgan fingerprint density at radius 2 is 2.39 bits per heavy atom. The molecule has 18 heavy (non-hydrogen) atoms. The first-order valence-electron chi connectivity index (χ1n) is 6.02. The van der Waals surface area contributed by atoms with Gasteiger partial charge in [-0.3, -0.25) is 0 Å².